The zero-order valence-electron chi connectivity index (χ0n) is 12.3. The van der Waals surface area contributed by atoms with E-state index in [0.29, 0.717) is 0 Å². The Morgan fingerprint density at radius 3 is 2.80 bits per heavy atom. The largest absolute Gasteiger partial charge is 0.361 e. The third-order valence-corrected chi connectivity index (χ3v) is 4.70. The molecule has 0 atom stereocenters. The summed E-state index contributed by atoms with van der Waals surface area (Å²) < 4.78 is 0. The SMILES string of the molecule is c1ccc2c(CCNCCC3CCCCC3)c[nH]c2c1. The van der Waals surface area contributed by atoms with Crippen molar-refractivity contribution in [3.05, 3.63) is 36.0 Å². The lowest BCUT2D eigenvalue weighted by Crippen LogP contribution is -2.21. The number of nitrogens with one attached hydrogen (secondary N) is 2. The van der Waals surface area contributed by atoms with Crippen LogP contribution in [0.4, 0.5) is 0 Å². The molecule has 1 fully saturated rings. The highest BCUT2D eigenvalue weighted by Crippen LogP contribution is 2.25. The molecule has 0 radical (unpaired) electrons. The van der Waals surface area contributed by atoms with E-state index in [4.69, 9.17) is 0 Å². The minimum Gasteiger partial charge on any atom is -0.361 e. The van der Waals surface area contributed by atoms with Gasteiger partial charge in [0, 0.05) is 17.1 Å². The molecule has 1 aliphatic carbocycles. The van der Waals surface area contributed by atoms with Gasteiger partial charge in [-0.25, -0.2) is 0 Å². The minimum atomic E-state index is 0.990. The highest BCUT2D eigenvalue weighted by Gasteiger charge is 2.12. The van der Waals surface area contributed by atoms with Crippen molar-refractivity contribution in [2.45, 2.75) is 44.9 Å². The van der Waals surface area contributed by atoms with E-state index in [0.717, 1.165) is 18.9 Å². The van der Waals surface area contributed by atoms with E-state index in [1.165, 1.54) is 61.5 Å². The van der Waals surface area contributed by atoms with Crippen LogP contribution in [0.25, 0.3) is 10.9 Å². The lowest BCUT2D eigenvalue weighted by Gasteiger charge is -2.21. The van der Waals surface area contributed by atoms with E-state index in [-0.39, 0.29) is 0 Å². The molecule has 1 saturated carbocycles. The second kappa shape index (κ2) is 6.94. The fraction of sp³-hybridized carbons (Fsp3) is 0.556. The van der Waals surface area contributed by atoms with E-state index in [1.807, 2.05) is 0 Å². The van der Waals surface area contributed by atoms with Gasteiger partial charge in [-0.2, -0.15) is 0 Å². The summed E-state index contributed by atoms with van der Waals surface area (Å²) in [7, 11) is 0. The molecule has 2 N–H and O–H groups in total. The Balaban J connectivity index is 1.39. The van der Waals surface area contributed by atoms with Crippen molar-refractivity contribution in [1.29, 1.82) is 0 Å². The van der Waals surface area contributed by atoms with E-state index in [1.54, 1.807) is 0 Å². The van der Waals surface area contributed by atoms with Crippen LogP contribution in [0.3, 0.4) is 0 Å². The second-order valence-corrected chi connectivity index (χ2v) is 6.15. The molecule has 2 nitrogen and oxygen atoms in total. The first-order valence-electron chi connectivity index (χ1n) is 8.19. The number of H-pyrrole nitrogens is 1. The highest BCUT2D eigenvalue weighted by atomic mass is 14.8. The Morgan fingerprint density at radius 2 is 1.90 bits per heavy atom. The molecule has 0 spiro atoms. The summed E-state index contributed by atoms with van der Waals surface area (Å²) in [4.78, 5) is 3.35. The molecule has 1 heterocycles. The predicted molar refractivity (Wildman–Crippen MR) is 86.1 cm³/mol. The third-order valence-electron chi connectivity index (χ3n) is 4.70. The van der Waals surface area contributed by atoms with Crippen LogP contribution < -0.4 is 5.32 Å². The normalized spacial score (nSPS) is 16.8. The molecule has 0 aliphatic heterocycles. The molecule has 1 aliphatic rings. The van der Waals surface area contributed by atoms with Crippen molar-refractivity contribution in [2.24, 2.45) is 5.92 Å². The Labute approximate surface area is 122 Å². The summed E-state index contributed by atoms with van der Waals surface area (Å²) in [5, 5.41) is 5.00. The molecule has 3 rings (SSSR count). The maximum absolute atomic E-state index is 3.62. The van der Waals surface area contributed by atoms with Crippen molar-refractivity contribution in [2.75, 3.05) is 13.1 Å². The number of aromatic amines is 1. The Kier molecular flexibility index (Phi) is 4.75. The Bertz CT molecular complexity index is 523. The first-order valence-corrected chi connectivity index (χ1v) is 8.19. The van der Waals surface area contributed by atoms with Gasteiger partial charge in [-0.15, -0.1) is 0 Å². The summed E-state index contributed by atoms with van der Waals surface area (Å²) in [5.41, 5.74) is 2.69. The van der Waals surface area contributed by atoms with Gasteiger partial charge in [0.1, 0.15) is 0 Å². The number of benzene rings is 1. The van der Waals surface area contributed by atoms with Crippen LogP contribution in [0.5, 0.6) is 0 Å². The van der Waals surface area contributed by atoms with Crippen molar-refractivity contribution in [1.82, 2.24) is 10.3 Å². The molecule has 1 aromatic heterocycles. The smallest absolute Gasteiger partial charge is 0.0456 e. The fourth-order valence-electron chi connectivity index (χ4n) is 3.47. The van der Waals surface area contributed by atoms with Crippen molar-refractivity contribution in [3.63, 3.8) is 0 Å². The Morgan fingerprint density at radius 1 is 1.05 bits per heavy atom. The molecular weight excluding hydrogens is 244 g/mol. The van der Waals surface area contributed by atoms with Crippen LogP contribution >= 0.6 is 0 Å². The van der Waals surface area contributed by atoms with E-state index in [9.17, 15) is 0 Å². The molecule has 1 aromatic carbocycles. The summed E-state index contributed by atoms with van der Waals surface area (Å²) in [5.74, 6) is 0.990. The van der Waals surface area contributed by atoms with Gasteiger partial charge in [0.15, 0.2) is 0 Å². The summed E-state index contributed by atoms with van der Waals surface area (Å²) >= 11 is 0. The van der Waals surface area contributed by atoms with Gasteiger partial charge in [0.2, 0.25) is 0 Å². The van der Waals surface area contributed by atoms with Gasteiger partial charge >= 0.3 is 0 Å². The minimum absolute atomic E-state index is 0.990. The fourth-order valence-corrected chi connectivity index (χ4v) is 3.47. The molecule has 0 amide bonds. The van der Waals surface area contributed by atoms with Gasteiger partial charge in [-0.3, -0.25) is 0 Å². The van der Waals surface area contributed by atoms with Crippen molar-refractivity contribution >= 4 is 10.9 Å². The topological polar surface area (TPSA) is 27.8 Å². The highest BCUT2D eigenvalue weighted by molar-refractivity contribution is 5.83. The molecule has 0 saturated heterocycles. The number of hydrogen-bond donors (Lipinski definition) is 2. The first-order chi connectivity index (χ1) is 9.93. The standard InChI is InChI=1S/C18H26N2/c1-2-6-15(7-3-1)10-12-19-13-11-16-14-20-18-9-5-4-8-17(16)18/h4-5,8-9,14-15,19-20H,1-3,6-7,10-13H2. The lowest BCUT2D eigenvalue weighted by molar-refractivity contribution is 0.334. The number of rotatable bonds is 6. The lowest BCUT2D eigenvalue weighted by atomic mass is 9.87. The van der Waals surface area contributed by atoms with E-state index in [2.05, 4.69) is 40.8 Å². The van der Waals surface area contributed by atoms with Crippen LogP contribution in [0, 0.1) is 5.92 Å². The van der Waals surface area contributed by atoms with Gasteiger partial charge in [-0.1, -0.05) is 50.3 Å². The van der Waals surface area contributed by atoms with Crippen LogP contribution in [-0.4, -0.2) is 18.1 Å². The summed E-state index contributed by atoms with van der Waals surface area (Å²) in [6, 6.07) is 8.57. The average molecular weight is 270 g/mol. The zero-order chi connectivity index (χ0) is 13.6. The Hall–Kier alpha value is -1.28. The van der Waals surface area contributed by atoms with Gasteiger partial charge in [0.25, 0.3) is 0 Å². The maximum Gasteiger partial charge on any atom is 0.0456 e. The predicted octanol–water partition coefficient (Wildman–Crippen LogP) is 4.27. The van der Waals surface area contributed by atoms with Crippen LogP contribution in [-0.2, 0) is 6.42 Å². The molecule has 0 bridgehead atoms. The van der Waals surface area contributed by atoms with Crippen molar-refractivity contribution < 1.29 is 0 Å². The maximum atomic E-state index is 3.62. The molecule has 108 valence electrons. The van der Waals surface area contributed by atoms with Gasteiger partial charge < -0.3 is 10.3 Å². The van der Waals surface area contributed by atoms with Crippen molar-refractivity contribution in [3.8, 4) is 0 Å². The van der Waals surface area contributed by atoms with E-state index >= 15 is 0 Å². The van der Waals surface area contributed by atoms with Gasteiger partial charge in [-0.05, 0) is 43.5 Å². The number of para-hydroxylation sites is 1. The monoisotopic (exact) mass is 270 g/mol. The first kappa shape index (κ1) is 13.7. The van der Waals surface area contributed by atoms with Crippen LogP contribution in [0.15, 0.2) is 30.5 Å². The second-order valence-electron chi connectivity index (χ2n) is 6.15. The number of fused-ring (bicyclic) bond motifs is 1. The summed E-state index contributed by atoms with van der Waals surface area (Å²) in [6.07, 6.45) is 12.0. The molecule has 0 unspecified atom stereocenters. The molecule has 2 heteroatoms. The zero-order valence-corrected chi connectivity index (χ0v) is 12.3. The quantitative estimate of drug-likeness (QED) is 0.754. The summed E-state index contributed by atoms with van der Waals surface area (Å²) in [6.45, 7) is 2.28. The molecular formula is C18H26N2. The molecule has 20 heavy (non-hydrogen) atoms. The van der Waals surface area contributed by atoms with Gasteiger partial charge in [0.05, 0.1) is 0 Å². The third kappa shape index (κ3) is 3.43. The number of hydrogen-bond acceptors (Lipinski definition) is 1. The van der Waals surface area contributed by atoms with Crippen LogP contribution in [0.2, 0.25) is 0 Å². The number of aromatic nitrogens is 1. The van der Waals surface area contributed by atoms with E-state index < -0.39 is 0 Å². The average Bonchev–Trinajstić information content (AvgIpc) is 2.91. The van der Waals surface area contributed by atoms with Crippen LogP contribution in [0.1, 0.15) is 44.1 Å². The molecule has 2 aromatic rings.